The maximum Gasteiger partial charge on any atom is 0.319 e. The SMILES string of the molecule is CC[C@@H](CCN(C)C[C@H]1O[C@@H](n2cnc3c(N)ncnc32)[C@@H]2OC(C)(C)O[C@@H]21)NC(=O)Nc1ccc(C(C)(C)C)cc1. The number of hydrogen-bond acceptors (Lipinski definition) is 9. The van der Waals surface area contributed by atoms with Gasteiger partial charge in [-0.25, -0.2) is 19.7 Å². The first-order valence-electron chi connectivity index (χ1n) is 14.7. The summed E-state index contributed by atoms with van der Waals surface area (Å²) in [5.41, 5.74) is 9.19. The van der Waals surface area contributed by atoms with E-state index in [9.17, 15) is 4.79 Å². The van der Waals surface area contributed by atoms with Gasteiger partial charge < -0.3 is 35.5 Å². The summed E-state index contributed by atoms with van der Waals surface area (Å²) in [5, 5.41) is 6.08. The molecular formula is C30H44N8O4. The van der Waals surface area contributed by atoms with E-state index in [0.717, 1.165) is 25.1 Å². The summed E-state index contributed by atoms with van der Waals surface area (Å²) in [4.78, 5) is 27.8. The third kappa shape index (κ3) is 6.51. The third-order valence-corrected chi connectivity index (χ3v) is 7.97. The number of amides is 2. The van der Waals surface area contributed by atoms with Gasteiger partial charge in [-0.2, -0.15) is 0 Å². The number of nitrogens with one attached hydrogen (secondary N) is 2. The van der Waals surface area contributed by atoms with Crippen LogP contribution in [0.4, 0.5) is 16.3 Å². The number of urea groups is 1. The Balaban J connectivity index is 1.17. The topological polar surface area (TPSA) is 142 Å². The minimum absolute atomic E-state index is 0.0266. The molecule has 2 aliphatic rings. The molecule has 3 aromatic rings. The molecule has 0 unspecified atom stereocenters. The molecule has 2 amide bonds. The Morgan fingerprint density at radius 3 is 2.55 bits per heavy atom. The standard InChI is InChI=1S/C30H44N8O4/c1-8-19(35-28(39)36-20-11-9-18(10-12-20)29(2,3)4)13-14-37(7)15-21-23-24(42-30(5,6)41-23)27(40-21)38-17-34-22-25(31)32-16-33-26(22)38/h9-12,16-17,19,21,23-24,27H,8,13-15H2,1-7H3,(H2,31,32,33)(H2,35,36,39)/t19-,21+,23+,24+,27+/m0/s1. The summed E-state index contributed by atoms with van der Waals surface area (Å²) >= 11 is 0. The van der Waals surface area contributed by atoms with Crippen LogP contribution in [0.1, 0.15) is 66.2 Å². The lowest BCUT2D eigenvalue weighted by molar-refractivity contribution is -0.197. The first-order chi connectivity index (χ1) is 19.8. The fourth-order valence-corrected chi connectivity index (χ4v) is 5.65. The zero-order valence-corrected chi connectivity index (χ0v) is 25.6. The van der Waals surface area contributed by atoms with Crippen molar-refractivity contribution in [3.8, 4) is 0 Å². The molecule has 2 aliphatic heterocycles. The highest BCUT2D eigenvalue weighted by Gasteiger charge is 2.56. The van der Waals surface area contributed by atoms with Gasteiger partial charge >= 0.3 is 6.03 Å². The van der Waals surface area contributed by atoms with Crippen LogP contribution in [0.2, 0.25) is 0 Å². The Labute approximate surface area is 247 Å². The second-order valence-electron chi connectivity index (χ2n) is 12.8. The number of nitrogen functional groups attached to an aromatic ring is 1. The molecule has 1 aromatic carbocycles. The van der Waals surface area contributed by atoms with Crippen LogP contribution in [-0.2, 0) is 19.6 Å². The highest BCUT2D eigenvalue weighted by atomic mass is 16.8. The van der Waals surface area contributed by atoms with Crippen molar-refractivity contribution in [2.45, 2.75) is 96.2 Å². The lowest BCUT2D eigenvalue weighted by Crippen LogP contribution is -2.42. The minimum Gasteiger partial charge on any atom is -0.382 e. The quantitative estimate of drug-likeness (QED) is 0.342. The van der Waals surface area contributed by atoms with E-state index in [1.54, 1.807) is 6.33 Å². The summed E-state index contributed by atoms with van der Waals surface area (Å²) in [6.45, 7) is 13.8. The maximum absolute atomic E-state index is 12.7. The normalized spacial score (nSPS) is 24.2. The Morgan fingerprint density at radius 2 is 1.86 bits per heavy atom. The molecule has 42 heavy (non-hydrogen) atoms. The van der Waals surface area contributed by atoms with Crippen molar-refractivity contribution < 1.29 is 19.0 Å². The second-order valence-corrected chi connectivity index (χ2v) is 12.8. The van der Waals surface area contributed by atoms with Gasteiger partial charge in [-0.15, -0.1) is 0 Å². The zero-order chi connectivity index (χ0) is 30.2. The van der Waals surface area contributed by atoms with E-state index < -0.39 is 12.0 Å². The molecule has 0 bridgehead atoms. The van der Waals surface area contributed by atoms with Crippen molar-refractivity contribution >= 4 is 28.7 Å². The van der Waals surface area contributed by atoms with E-state index in [2.05, 4.69) is 77.4 Å². The van der Waals surface area contributed by atoms with Crippen molar-refractivity contribution in [3.63, 3.8) is 0 Å². The van der Waals surface area contributed by atoms with Gasteiger partial charge in [-0.3, -0.25) is 4.57 Å². The number of likely N-dealkylation sites (N-methyl/N-ethyl adjacent to an activating group) is 1. The molecule has 228 valence electrons. The predicted molar refractivity (Wildman–Crippen MR) is 161 cm³/mol. The number of aromatic nitrogens is 4. The van der Waals surface area contributed by atoms with E-state index >= 15 is 0 Å². The Bertz CT molecular complexity index is 1390. The Hall–Kier alpha value is -3.32. The number of carbonyl (C=O) groups excluding carboxylic acids is 1. The van der Waals surface area contributed by atoms with Crippen LogP contribution >= 0.6 is 0 Å². The molecule has 12 heteroatoms. The number of nitrogens with zero attached hydrogens (tertiary/aromatic N) is 5. The summed E-state index contributed by atoms with van der Waals surface area (Å²) in [7, 11) is 2.05. The smallest absolute Gasteiger partial charge is 0.319 e. The summed E-state index contributed by atoms with van der Waals surface area (Å²) in [6, 6.07) is 7.83. The molecule has 0 spiro atoms. The molecule has 5 atom stereocenters. The molecule has 12 nitrogen and oxygen atoms in total. The van der Waals surface area contributed by atoms with E-state index in [4.69, 9.17) is 19.9 Å². The molecule has 0 radical (unpaired) electrons. The van der Waals surface area contributed by atoms with Crippen molar-refractivity contribution in [2.75, 3.05) is 31.2 Å². The van der Waals surface area contributed by atoms with E-state index in [-0.39, 0.29) is 35.8 Å². The Kier molecular flexibility index (Phi) is 8.44. The average molecular weight is 581 g/mol. The van der Waals surface area contributed by atoms with E-state index in [0.29, 0.717) is 23.5 Å². The molecule has 0 aliphatic carbocycles. The average Bonchev–Trinajstić information content (AvgIpc) is 3.58. The van der Waals surface area contributed by atoms with Gasteiger partial charge in [-0.1, -0.05) is 39.8 Å². The minimum atomic E-state index is -0.740. The first-order valence-corrected chi connectivity index (χ1v) is 14.7. The lowest BCUT2D eigenvalue weighted by Gasteiger charge is -2.28. The number of hydrogen-bond donors (Lipinski definition) is 3. The lowest BCUT2D eigenvalue weighted by atomic mass is 9.87. The Morgan fingerprint density at radius 1 is 1.14 bits per heavy atom. The maximum atomic E-state index is 12.7. The summed E-state index contributed by atoms with van der Waals surface area (Å²) in [5.74, 6) is -0.421. The molecule has 2 aromatic heterocycles. The van der Waals surface area contributed by atoms with Crippen molar-refractivity contribution in [2.24, 2.45) is 0 Å². The number of fused-ring (bicyclic) bond motifs is 2. The fraction of sp³-hybridized carbons (Fsp3) is 0.600. The van der Waals surface area contributed by atoms with Crippen LogP contribution in [0.25, 0.3) is 11.2 Å². The number of carbonyl (C=O) groups is 1. The number of benzene rings is 1. The van der Waals surface area contributed by atoms with Crippen molar-refractivity contribution in [1.29, 1.82) is 0 Å². The molecule has 2 saturated heterocycles. The number of anilines is 2. The number of ether oxygens (including phenoxy) is 3. The molecule has 4 N–H and O–H groups in total. The van der Waals surface area contributed by atoms with Crippen LogP contribution in [0.3, 0.4) is 0 Å². The number of rotatable bonds is 9. The molecule has 4 heterocycles. The van der Waals surface area contributed by atoms with Crippen LogP contribution in [0.15, 0.2) is 36.9 Å². The molecule has 5 rings (SSSR count). The molecule has 2 fully saturated rings. The van der Waals surface area contributed by atoms with Gasteiger partial charge in [0.1, 0.15) is 30.2 Å². The van der Waals surface area contributed by atoms with Crippen LogP contribution < -0.4 is 16.4 Å². The molecule has 0 saturated carbocycles. The van der Waals surface area contributed by atoms with Crippen LogP contribution in [0, 0.1) is 0 Å². The number of imidazole rings is 1. The predicted octanol–water partition coefficient (Wildman–Crippen LogP) is 4.05. The fourth-order valence-electron chi connectivity index (χ4n) is 5.65. The van der Waals surface area contributed by atoms with Crippen molar-refractivity contribution in [3.05, 3.63) is 42.5 Å². The van der Waals surface area contributed by atoms with Gasteiger partial charge in [0.25, 0.3) is 0 Å². The number of nitrogens with two attached hydrogens (primary N) is 1. The van der Waals surface area contributed by atoms with Gasteiger partial charge in [0.15, 0.2) is 23.5 Å². The first kappa shape index (κ1) is 30.1. The third-order valence-electron chi connectivity index (χ3n) is 7.97. The van der Waals surface area contributed by atoms with Gasteiger partial charge in [0, 0.05) is 18.3 Å². The van der Waals surface area contributed by atoms with E-state index in [1.165, 1.54) is 11.9 Å². The van der Waals surface area contributed by atoms with E-state index in [1.807, 2.05) is 30.5 Å². The van der Waals surface area contributed by atoms with Crippen LogP contribution in [-0.4, -0.2) is 80.7 Å². The summed E-state index contributed by atoms with van der Waals surface area (Å²) in [6.07, 6.45) is 3.39. The largest absolute Gasteiger partial charge is 0.382 e. The second kappa shape index (κ2) is 11.8. The van der Waals surface area contributed by atoms with Gasteiger partial charge in [0.2, 0.25) is 0 Å². The highest BCUT2D eigenvalue weighted by Crippen LogP contribution is 2.44. The van der Waals surface area contributed by atoms with Gasteiger partial charge in [-0.05, 0) is 63.4 Å². The summed E-state index contributed by atoms with van der Waals surface area (Å²) < 4.78 is 21.0. The van der Waals surface area contributed by atoms with Crippen LogP contribution in [0.5, 0.6) is 0 Å². The highest BCUT2D eigenvalue weighted by molar-refractivity contribution is 5.89. The van der Waals surface area contributed by atoms with Crippen molar-refractivity contribution in [1.82, 2.24) is 29.7 Å². The monoisotopic (exact) mass is 580 g/mol. The molecular weight excluding hydrogens is 536 g/mol. The van der Waals surface area contributed by atoms with Gasteiger partial charge in [0.05, 0.1) is 6.33 Å². The zero-order valence-electron chi connectivity index (χ0n) is 25.6.